The van der Waals surface area contributed by atoms with E-state index in [4.69, 9.17) is 4.74 Å². The summed E-state index contributed by atoms with van der Waals surface area (Å²) in [7, 11) is 1.74. The summed E-state index contributed by atoms with van der Waals surface area (Å²) in [6, 6.07) is 7.81. The van der Waals surface area contributed by atoms with E-state index in [1.165, 1.54) is 0 Å². The van der Waals surface area contributed by atoms with E-state index in [1.54, 1.807) is 7.11 Å². The summed E-state index contributed by atoms with van der Waals surface area (Å²) < 4.78 is 5.59. The van der Waals surface area contributed by atoms with Gasteiger partial charge < -0.3 is 20.7 Å². The Morgan fingerprint density at radius 3 is 2.33 bits per heavy atom. The van der Waals surface area contributed by atoms with Gasteiger partial charge >= 0.3 is 0 Å². The van der Waals surface area contributed by atoms with Crippen LogP contribution in [0.5, 0.6) is 0 Å². The van der Waals surface area contributed by atoms with E-state index in [2.05, 4.69) is 41.7 Å². The molecule has 0 aliphatic heterocycles. The van der Waals surface area contributed by atoms with Crippen LogP contribution in [0.2, 0.25) is 0 Å². The van der Waals surface area contributed by atoms with Gasteiger partial charge in [0.25, 0.3) is 0 Å². The van der Waals surface area contributed by atoms with Crippen LogP contribution in [0.1, 0.15) is 53.0 Å². The van der Waals surface area contributed by atoms with Gasteiger partial charge in [-0.15, -0.1) is 0 Å². The number of guanidine groups is 1. The maximum atomic E-state index is 11.6. The molecule has 0 heterocycles. The Hall–Kier alpha value is -2.08. The van der Waals surface area contributed by atoms with Gasteiger partial charge in [0, 0.05) is 32.3 Å². The van der Waals surface area contributed by atoms with Crippen LogP contribution in [-0.2, 0) is 16.1 Å². The number of aliphatic imine (C=N–C) groups is 1. The van der Waals surface area contributed by atoms with Crippen molar-refractivity contribution in [3.8, 4) is 0 Å². The van der Waals surface area contributed by atoms with Crippen molar-refractivity contribution < 1.29 is 9.53 Å². The fourth-order valence-corrected chi connectivity index (χ4v) is 2.59. The van der Waals surface area contributed by atoms with Crippen molar-refractivity contribution in [1.82, 2.24) is 10.6 Å². The molecule has 0 aliphatic rings. The lowest BCUT2D eigenvalue weighted by Crippen LogP contribution is -2.45. The topological polar surface area (TPSA) is 74.8 Å². The molecule has 3 N–H and O–H groups in total. The first-order chi connectivity index (χ1) is 12.8. The van der Waals surface area contributed by atoms with Crippen molar-refractivity contribution in [2.45, 2.75) is 60.1 Å². The molecule has 1 aromatic rings. The lowest BCUT2D eigenvalue weighted by Gasteiger charge is -2.30. The highest BCUT2D eigenvalue weighted by molar-refractivity contribution is 5.90. The van der Waals surface area contributed by atoms with Gasteiger partial charge in [0.05, 0.1) is 12.6 Å². The molecular weight excluding hydrogens is 340 g/mol. The molecule has 0 bridgehead atoms. The van der Waals surface area contributed by atoms with Crippen LogP contribution in [0.25, 0.3) is 0 Å². The second-order valence-corrected chi connectivity index (χ2v) is 7.66. The molecular formula is C21H36N4O2. The molecule has 1 atom stereocenters. The Labute approximate surface area is 164 Å². The van der Waals surface area contributed by atoms with Crippen molar-refractivity contribution in [3.63, 3.8) is 0 Å². The first kappa shape index (κ1) is 23.0. The van der Waals surface area contributed by atoms with Gasteiger partial charge in [-0.2, -0.15) is 0 Å². The quantitative estimate of drug-likeness (QED) is 0.455. The molecule has 0 aromatic heterocycles. The van der Waals surface area contributed by atoms with Gasteiger partial charge in [0.2, 0.25) is 5.91 Å². The Morgan fingerprint density at radius 1 is 1.15 bits per heavy atom. The third-order valence-corrected chi connectivity index (χ3v) is 4.18. The Kier molecular flexibility index (Phi) is 9.86. The van der Waals surface area contributed by atoms with E-state index in [0.29, 0.717) is 19.5 Å². The van der Waals surface area contributed by atoms with Crippen molar-refractivity contribution in [1.29, 1.82) is 0 Å². The number of nitrogens with one attached hydrogen (secondary N) is 3. The molecule has 0 saturated heterocycles. The van der Waals surface area contributed by atoms with Crippen molar-refractivity contribution >= 4 is 17.6 Å². The Morgan fingerprint density at radius 2 is 1.81 bits per heavy atom. The lowest BCUT2D eigenvalue weighted by atomic mass is 9.89. The standard InChI is InChI=1S/C21H36N4O2/c1-7-9-19(26)25-17-12-10-16(11-13-17)14-23-20(22-8-2)24-15-18(27-6)21(3,4)5/h10-13,18H,7-9,14-15H2,1-6H3,(H,25,26)(H2,22,23,24). The number of ether oxygens (including phenoxy) is 1. The third-order valence-electron chi connectivity index (χ3n) is 4.18. The van der Waals surface area contributed by atoms with Crippen LogP contribution in [0.3, 0.4) is 0 Å². The summed E-state index contributed by atoms with van der Waals surface area (Å²) >= 11 is 0. The summed E-state index contributed by atoms with van der Waals surface area (Å²) in [5.74, 6) is 0.817. The predicted molar refractivity (Wildman–Crippen MR) is 113 cm³/mol. The van der Waals surface area contributed by atoms with Crippen molar-refractivity contribution in [2.24, 2.45) is 10.4 Å². The van der Waals surface area contributed by atoms with Crippen LogP contribution in [0, 0.1) is 5.41 Å². The molecule has 6 heteroatoms. The Balaban J connectivity index is 2.65. The largest absolute Gasteiger partial charge is 0.379 e. The number of carbonyl (C=O) groups is 1. The molecule has 1 rings (SSSR count). The van der Waals surface area contributed by atoms with Crippen molar-refractivity contribution in [2.75, 3.05) is 25.5 Å². The number of hydrogen-bond acceptors (Lipinski definition) is 3. The van der Waals surface area contributed by atoms with Gasteiger partial charge in [0.15, 0.2) is 5.96 Å². The summed E-state index contributed by atoms with van der Waals surface area (Å²) in [5.41, 5.74) is 1.95. The molecule has 0 aliphatic carbocycles. The summed E-state index contributed by atoms with van der Waals surface area (Å²) in [6.07, 6.45) is 1.48. The lowest BCUT2D eigenvalue weighted by molar-refractivity contribution is -0.116. The monoisotopic (exact) mass is 376 g/mol. The number of anilines is 1. The number of nitrogens with zero attached hydrogens (tertiary/aromatic N) is 1. The van der Waals surface area contributed by atoms with Crippen LogP contribution in [0.4, 0.5) is 5.69 Å². The maximum Gasteiger partial charge on any atom is 0.224 e. The molecule has 0 radical (unpaired) electrons. The minimum atomic E-state index is 0.0495. The summed E-state index contributed by atoms with van der Waals surface area (Å²) in [5, 5.41) is 9.51. The smallest absolute Gasteiger partial charge is 0.224 e. The molecule has 1 aromatic carbocycles. The zero-order chi connectivity index (χ0) is 20.3. The molecule has 1 amide bonds. The molecule has 6 nitrogen and oxygen atoms in total. The van der Waals surface area contributed by atoms with Crippen LogP contribution in [-0.4, -0.2) is 38.2 Å². The first-order valence-electron chi connectivity index (χ1n) is 9.73. The summed E-state index contributed by atoms with van der Waals surface area (Å²) in [4.78, 5) is 16.3. The molecule has 1 unspecified atom stereocenters. The number of benzene rings is 1. The number of rotatable bonds is 9. The highest BCUT2D eigenvalue weighted by Crippen LogP contribution is 2.20. The van der Waals surface area contributed by atoms with Crippen molar-refractivity contribution in [3.05, 3.63) is 29.8 Å². The van der Waals surface area contributed by atoms with E-state index in [0.717, 1.165) is 30.2 Å². The number of amides is 1. The van der Waals surface area contributed by atoms with E-state index >= 15 is 0 Å². The molecule has 152 valence electrons. The van der Waals surface area contributed by atoms with E-state index in [9.17, 15) is 4.79 Å². The van der Waals surface area contributed by atoms with Gasteiger partial charge in [-0.1, -0.05) is 39.8 Å². The van der Waals surface area contributed by atoms with E-state index in [1.807, 2.05) is 38.1 Å². The second-order valence-electron chi connectivity index (χ2n) is 7.66. The van der Waals surface area contributed by atoms with Gasteiger partial charge in [-0.3, -0.25) is 4.79 Å². The fraction of sp³-hybridized carbons (Fsp3) is 0.619. The van der Waals surface area contributed by atoms with Gasteiger partial charge in [-0.25, -0.2) is 4.99 Å². The fourth-order valence-electron chi connectivity index (χ4n) is 2.59. The average Bonchev–Trinajstić information content (AvgIpc) is 2.60. The zero-order valence-corrected chi connectivity index (χ0v) is 17.7. The van der Waals surface area contributed by atoms with Crippen LogP contribution >= 0.6 is 0 Å². The zero-order valence-electron chi connectivity index (χ0n) is 17.7. The number of hydrogen-bond donors (Lipinski definition) is 3. The SMILES string of the molecule is CCCC(=O)Nc1ccc(CN=C(NCC)NCC(OC)C(C)(C)C)cc1. The van der Waals surface area contributed by atoms with Crippen LogP contribution in [0.15, 0.2) is 29.3 Å². The maximum absolute atomic E-state index is 11.6. The van der Waals surface area contributed by atoms with E-state index < -0.39 is 0 Å². The number of carbonyl (C=O) groups excluding carboxylic acids is 1. The first-order valence-corrected chi connectivity index (χ1v) is 9.73. The van der Waals surface area contributed by atoms with Crippen LogP contribution < -0.4 is 16.0 Å². The second kappa shape index (κ2) is 11.6. The van der Waals surface area contributed by atoms with E-state index in [-0.39, 0.29) is 17.4 Å². The molecule has 0 spiro atoms. The summed E-state index contributed by atoms with van der Waals surface area (Å²) in [6.45, 7) is 12.6. The normalized spacial score (nSPS) is 13.2. The third kappa shape index (κ3) is 8.91. The minimum absolute atomic E-state index is 0.0495. The van der Waals surface area contributed by atoms with Gasteiger partial charge in [0.1, 0.15) is 0 Å². The highest BCUT2D eigenvalue weighted by Gasteiger charge is 2.24. The number of methoxy groups -OCH3 is 1. The van der Waals surface area contributed by atoms with Gasteiger partial charge in [-0.05, 0) is 36.5 Å². The molecule has 0 saturated carbocycles. The minimum Gasteiger partial charge on any atom is -0.379 e. The molecule has 0 fully saturated rings. The molecule has 27 heavy (non-hydrogen) atoms. The average molecular weight is 377 g/mol. The highest BCUT2D eigenvalue weighted by atomic mass is 16.5. The predicted octanol–water partition coefficient (Wildman–Crippen LogP) is 3.54. The Bertz CT molecular complexity index is 591.